The van der Waals surface area contributed by atoms with Gasteiger partial charge in [-0.1, -0.05) is 6.92 Å². The second-order valence-corrected chi connectivity index (χ2v) is 3.98. The fraction of sp³-hybridized carbons (Fsp3) is 0.667. The predicted octanol–water partition coefficient (Wildman–Crippen LogP) is 1.36. The summed E-state index contributed by atoms with van der Waals surface area (Å²) >= 11 is 0. The van der Waals surface area contributed by atoms with Gasteiger partial charge in [0.15, 0.2) is 0 Å². The van der Waals surface area contributed by atoms with Crippen LogP contribution < -0.4 is 15.4 Å². The Morgan fingerprint density at radius 1 is 1.35 bits per heavy atom. The van der Waals surface area contributed by atoms with E-state index in [1.807, 2.05) is 13.0 Å². The molecule has 0 aliphatic carbocycles. The molecule has 0 atom stereocenters. The van der Waals surface area contributed by atoms with Crippen LogP contribution in [-0.2, 0) is 0 Å². The second kappa shape index (κ2) is 7.06. The molecule has 0 bridgehead atoms. The fourth-order valence-electron chi connectivity index (χ4n) is 1.63. The lowest BCUT2D eigenvalue weighted by Crippen LogP contribution is -2.29. The van der Waals surface area contributed by atoms with E-state index in [1.165, 1.54) is 0 Å². The summed E-state index contributed by atoms with van der Waals surface area (Å²) in [5, 5.41) is 0. The van der Waals surface area contributed by atoms with E-state index in [-0.39, 0.29) is 0 Å². The van der Waals surface area contributed by atoms with Crippen molar-refractivity contribution in [1.29, 1.82) is 0 Å². The van der Waals surface area contributed by atoms with Crippen LogP contribution in [0.25, 0.3) is 0 Å². The van der Waals surface area contributed by atoms with Crippen LogP contribution in [0.1, 0.15) is 25.5 Å². The Hall–Kier alpha value is -1.36. The molecule has 0 saturated carbocycles. The molecule has 0 unspecified atom stereocenters. The van der Waals surface area contributed by atoms with Crippen LogP contribution in [0.15, 0.2) is 6.07 Å². The van der Waals surface area contributed by atoms with Gasteiger partial charge in [0.25, 0.3) is 0 Å². The molecule has 1 aromatic rings. The molecule has 1 aromatic heterocycles. The maximum Gasteiger partial charge on any atom is 0.228 e. The maximum atomic E-state index is 5.54. The molecule has 1 rings (SSSR count). The van der Waals surface area contributed by atoms with E-state index in [0.717, 1.165) is 37.6 Å². The van der Waals surface area contributed by atoms with Gasteiger partial charge in [-0.15, -0.1) is 0 Å². The molecule has 5 nitrogen and oxygen atoms in total. The summed E-state index contributed by atoms with van der Waals surface area (Å²) < 4.78 is 5.17. The Bertz CT molecular complexity index is 343. The van der Waals surface area contributed by atoms with Crippen molar-refractivity contribution in [2.24, 2.45) is 5.73 Å². The molecule has 96 valence electrons. The second-order valence-electron chi connectivity index (χ2n) is 3.98. The highest BCUT2D eigenvalue weighted by atomic mass is 16.5. The third kappa shape index (κ3) is 4.19. The van der Waals surface area contributed by atoms with Gasteiger partial charge >= 0.3 is 0 Å². The topological polar surface area (TPSA) is 64.3 Å². The molecule has 0 amide bonds. The lowest BCUT2D eigenvalue weighted by Gasteiger charge is -2.22. The Labute approximate surface area is 103 Å². The van der Waals surface area contributed by atoms with Gasteiger partial charge in [-0.05, 0) is 26.3 Å². The summed E-state index contributed by atoms with van der Waals surface area (Å²) in [5.41, 5.74) is 6.46. The van der Waals surface area contributed by atoms with E-state index in [4.69, 9.17) is 10.5 Å². The van der Waals surface area contributed by atoms with Crippen molar-refractivity contribution in [3.63, 3.8) is 0 Å². The Morgan fingerprint density at radius 3 is 2.71 bits per heavy atom. The smallest absolute Gasteiger partial charge is 0.228 e. The van der Waals surface area contributed by atoms with Crippen LogP contribution in [0.3, 0.4) is 0 Å². The van der Waals surface area contributed by atoms with E-state index in [2.05, 4.69) is 21.8 Å². The van der Waals surface area contributed by atoms with Crippen LogP contribution in [0.5, 0.6) is 5.88 Å². The highest BCUT2D eigenvalue weighted by Crippen LogP contribution is 2.15. The first-order valence-electron chi connectivity index (χ1n) is 6.06. The summed E-state index contributed by atoms with van der Waals surface area (Å²) in [6.45, 7) is 6.59. The van der Waals surface area contributed by atoms with Gasteiger partial charge in [0, 0.05) is 24.8 Å². The zero-order valence-corrected chi connectivity index (χ0v) is 10.9. The predicted molar refractivity (Wildman–Crippen MR) is 69.5 cm³/mol. The number of ether oxygens (including phenoxy) is 1. The van der Waals surface area contributed by atoms with Crippen molar-refractivity contribution in [3.8, 4) is 5.88 Å². The average molecular weight is 238 g/mol. The van der Waals surface area contributed by atoms with Gasteiger partial charge in [0.2, 0.25) is 11.8 Å². The van der Waals surface area contributed by atoms with Crippen LogP contribution in [0, 0.1) is 6.92 Å². The SMILES string of the molecule is CCCN(CCCN)c1nc(C)cc(OC)n1. The van der Waals surface area contributed by atoms with Gasteiger partial charge in [0.1, 0.15) is 0 Å². The first kappa shape index (κ1) is 13.7. The lowest BCUT2D eigenvalue weighted by molar-refractivity contribution is 0.396. The molecule has 0 aromatic carbocycles. The van der Waals surface area contributed by atoms with Gasteiger partial charge in [0.05, 0.1) is 7.11 Å². The van der Waals surface area contributed by atoms with Crippen molar-refractivity contribution >= 4 is 5.95 Å². The largest absolute Gasteiger partial charge is 0.481 e. The molecular weight excluding hydrogens is 216 g/mol. The molecule has 0 saturated heterocycles. The molecule has 2 N–H and O–H groups in total. The maximum absolute atomic E-state index is 5.54. The number of methoxy groups -OCH3 is 1. The molecule has 1 heterocycles. The summed E-state index contributed by atoms with van der Waals surface area (Å²) in [5.74, 6) is 1.35. The molecule has 0 spiro atoms. The minimum Gasteiger partial charge on any atom is -0.481 e. The number of aromatic nitrogens is 2. The average Bonchev–Trinajstić information content (AvgIpc) is 2.33. The Kier molecular flexibility index (Phi) is 5.69. The molecule has 0 aliphatic rings. The Balaban J connectivity index is 2.87. The number of hydrogen-bond donors (Lipinski definition) is 1. The van der Waals surface area contributed by atoms with Gasteiger partial charge in [-0.3, -0.25) is 0 Å². The first-order valence-corrected chi connectivity index (χ1v) is 6.06. The van der Waals surface area contributed by atoms with Crippen LogP contribution >= 0.6 is 0 Å². The van der Waals surface area contributed by atoms with E-state index in [0.29, 0.717) is 12.4 Å². The molecule has 0 fully saturated rings. The van der Waals surface area contributed by atoms with Crippen molar-refractivity contribution in [2.75, 3.05) is 31.6 Å². The van der Waals surface area contributed by atoms with Crippen LogP contribution in [-0.4, -0.2) is 36.7 Å². The first-order chi connectivity index (χ1) is 8.21. The summed E-state index contributed by atoms with van der Waals surface area (Å²) in [6, 6.07) is 1.83. The number of nitrogens with zero attached hydrogens (tertiary/aromatic N) is 3. The normalized spacial score (nSPS) is 10.4. The molecule has 5 heteroatoms. The quantitative estimate of drug-likeness (QED) is 0.777. The van der Waals surface area contributed by atoms with Gasteiger partial charge in [-0.25, -0.2) is 4.98 Å². The van der Waals surface area contributed by atoms with Crippen LogP contribution in [0.2, 0.25) is 0 Å². The third-order valence-electron chi connectivity index (χ3n) is 2.44. The minimum atomic E-state index is 0.612. The lowest BCUT2D eigenvalue weighted by atomic mass is 10.3. The standard InChI is InChI=1S/C12H22N4O/c1-4-7-16(8-5-6-13)12-14-10(2)9-11(15-12)17-3/h9H,4-8,13H2,1-3H3. The minimum absolute atomic E-state index is 0.612. The highest BCUT2D eigenvalue weighted by molar-refractivity contribution is 5.34. The van der Waals surface area contributed by atoms with Gasteiger partial charge in [-0.2, -0.15) is 4.98 Å². The van der Waals surface area contributed by atoms with E-state index >= 15 is 0 Å². The van der Waals surface area contributed by atoms with Crippen molar-refractivity contribution in [1.82, 2.24) is 9.97 Å². The monoisotopic (exact) mass is 238 g/mol. The molecule has 0 radical (unpaired) electrons. The molecular formula is C12H22N4O. The number of anilines is 1. The number of hydrogen-bond acceptors (Lipinski definition) is 5. The van der Waals surface area contributed by atoms with Crippen molar-refractivity contribution in [3.05, 3.63) is 11.8 Å². The van der Waals surface area contributed by atoms with E-state index in [9.17, 15) is 0 Å². The van der Waals surface area contributed by atoms with Crippen LogP contribution in [0.4, 0.5) is 5.95 Å². The fourth-order valence-corrected chi connectivity index (χ4v) is 1.63. The van der Waals surface area contributed by atoms with Gasteiger partial charge < -0.3 is 15.4 Å². The highest BCUT2D eigenvalue weighted by Gasteiger charge is 2.10. The Morgan fingerprint density at radius 2 is 2.12 bits per heavy atom. The van der Waals surface area contributed by atoms with E-state index < -0.39 is 0 Å². The number of nitrogens with two attached hydrogens (primary N) is 1. The van der Waals surface area contributed by atoms with Crippen molar-refractivity contribution < 1.29 is 4.74 Å². The summed E-state index contributed by atoms with van der Waals surface area (Å²) in [4.78, 5) is 11.0. The summed E-state index contributed by atoms with van der Waals surface area (Å²) in [6.07, 6.45) is 2.00. The molecule has 0 aliphatic heterocycles. The zero-order valence-electron chi connectivity index (χ0n) is 10.9. The number of aryl methyl sites for hydroxylation is 1. The number of rotatable bonds is 7. The molecule has 17 heavy (non-hydrogen) atoms. The third-order valence-corrected chi connectivity index (χ3v) is 2.44. The van der Waals surface area contributed by atoms with E-state index in [1.54, 1.807) is 7.11 Å². The van der Waals surface area contributed by atoms with Crippen molar-refractivity contribution in [2.45, 2.75) is 26.7 Å². The zero-order chi connectivity index (χ0) is 12.7. The summed E-state index contributed by atoms with van der Waals surface area (Å²) in [7, 11) is 1.62.